The van der Waals surface area contributed by atoms with Gasteiger partial charge in [0, 0.05) is 22.1 Å². The van der Waals surface area contributed by atoms with Crippen LogP contribution in [0, 0.1) is 6.92 Å². The predicted octanol–water partition coefficient (Wildman–Crippen LogP) is 3.70. The molecule has 1 aromatic carbocycles. The Hall–Kier alpha value is -1.66. The number of nitrogen functional groups attached to an aromatic ring is 1. The summed E-state index contributed by atoms with van der Waals surface area (Å²) in [6.45, 7) is 6.13. The molecule has 0 unspecified atom stereocenters. The normalized spacial score (nSPS) is 10.7. The number of aryl methyl sites for hydroxylation is 1. The van der Waals surface area contributed by atoms with Gasteiger partial charge in [0.05, 0.1) is 0 Å². The van der Waals surface area contributed by atoms with Crippen LogP contribution in [0.15, 0.2) is 28.7 Å². The van der Waals surface area contributed by atoms with Gasteiger partial charge in [0.1, 0.15) is 17.5 Å². The molecule has 0 aliphatic heterocycles. The quantitative estimate of drug-likeness (QED) is 0.586. The number of hydrogen-bond donors (Lipinski definition) is 3. The zero-order valence-electron chi connectivity index (χ0n) is 11.7. The van der Waals surface area contributed by atoms with Gasteiger partial charge < -0.3 is 10.7 Å². The second kappa shape index (κ2) is 6.19. The molecule has 4 N–H and O–H groups in total. The van der Waals surface area contributed by atoms with Crippen LogP contribution in [0.3, 0.4) is 0 Å². The molecule has 0 atom stereocenters. The van der Waals surface area contributed by atoms with Crippen molar-refractivity contribution in [2.24, 2.45) is 5.84 Å². The molecule has 0 aliphatic carbocycles. The summed E-state index contributed by atoms with van der Waals surface area (Å²) >= 11 is 3.46. The summed E-state index contributed by atoms with van der Waals surface area (Å²) in [7, 11) is 0. The van der Waals surface area contributed by atoms with Gasteiger partial charge in [0.15, 0.2) is 0 Å². The number of nitrogens with two attached hydrogens (primary N) is 1. The van der Waals surface area contributed by atoms with E-state index in [4.69, 9.17) is 5.84 Å². The summed E-state index contributed by atoms with van der Waals surface area (Å²) in [5, 5.41) is 3.30. The summed E-state index contributed by atoms with van der Waals surface area (Å²) in [6, 6.07) is 7.83. The fraction of sp³-hybridized carbons (Fsp3) is 0.286. The molecule has 1 aromatic heterocycles. The number of rotatable bonds is 4. The van der Waals surface area contributed by atoms with Crippen LogP contribution in [-0.4, -0.2) is 9.97 Å². The van der Waals surface area contributed by atoms with Gasteiger partial charge in [0.2, 0.25) is 0 Å². The SMILES string of the molecule is Cc1cc(Br)ccc1Nc1cc(NN)nc(C(C)C)n1. The number of aromatic nitrogens is 2. The Balaban J connectivity index is 2.34. The maximum atomic E-state index is 5.46. The summed E-state index contributed by atoms with van der Waals surface area (Å²) in [4.78, 5) is 8.85. The van der Waals surface area contributed by atoms with Crippen molar-refractivity contribution in [2.75, 3.05) is 10.7 Å². The minimum Gasteiger partial charge on any atom is -0.340 e. The standard InChI is InChI=1S/C14H18BrN5/c1-8(2)14-18-12(7-13(19-14)20-16)17-11-5-4-10(15)6-9(11)3/h4-8H,16H2,1-3H3,(H2,17,18,19,20). The number of nitrogens with zero attached hydrogens (tertiary/aromatic N) is 2. The molecule has 0 radical (unpaired) electrons. The first-order chi connectivity index (χ1) is 9.49. The largest absolute Gasteiger partial charge is 0.340 e. The van der Waals surface area contributed by atoms with Crippen LogP contribution in [0.4, 0.5) is 17.3 Å². The van der Waals surface area contributed by atoms with Crippen molar-refractivity contribution in [3.8, 4) is 0 Å². The van der Waals surface area contributed by atoms with E-state index in [2.05, 4.69) is 42.7 Å². The van der Waals surface area contributed by atoms with E-state index in [-0.39, 0.29) is 5.92 Å². The van der Waals surface area contributed by atoms with Gasteiger partial charge in [-0.25, -0.2) is 15.8 Å². The van der Waals surface area contributed by atoms with Crippen LogP contribution in [0.1, 0.15) is 31.2 Å². The van der Waals surface area contributed by atoms with Gasteiger partial charge in [-0.2, -0.15) is 0 Å². The minimum absolute atomic E-state index is 0.231. The second-order valence-electron chi connectivity index (χ2n) is 4.88. The van der Waals surface area contributed by atoms with Gasteiger partial charge in [-0.3, -0.25) is 0 Å². The predicted molar refractivity (Wildman–Crippen MR) is 86.1 cm³/mol. The molecule has 20 heavy (non-hydrogen) atoms. The molecule has 106 valence electrons. The van der Waals surface area contributed by atoms with Crippen molar-refractivity contribution in [2.45, 2.75) is 26.7 Å². The van der Waals surface area contributed by atoms with Crippen LogP contribution >= 0.6 is 15.9 Å². The first kappa shape index (κ1) is 14.7. The molecule has 0 saturated carbocycles. The fourth-order valence-electron chi connectivity index (χ4n) is 1.77. The van der Waals surface area contributed by atoms with Gasteiger partial charge in [0.25, 0.3) is 0 Å². The Morgan fingerprint density at radius 3 is 2.45 bits per heavy atom. The van der Waals surface area contributed by atoms with Crippen molar-refractivity contribution in [3.05, 3.63) is 40.1 Å². The molecule has 0 spiro atoms. The van der Waals surface area contributed by atoms with E-state index in [1.807, 2.05) is 32.9 Å². The van der Waals surface area contributed by atoms with E-state index in [1.54, 1.807) is 6.07 Å². The number of anilines is 3. The molecule has 0 saturated heterocycles. The van der Waals surface area contributed by atoms with Gasteiger partial charge in [-0.1, -0.05) is 29.8 Å². The summed E-state index contributed by atoms with van der Waals surface area (Å²) in [6.07, 6.45) is 0. The van der Waals surface area contributed by atoms with E-state index < -0.39 is 0 Å². The Bertz CT molecular complexity index is 613. The van der Waals surface area contributed by atoms with Crippen LogP contribution in [0.5, 0.6) is 0 Å². The average molecular weight is 336 g/mol. The van der Waals surface area contributed by atoms with Crippen LogP contribution < -0.4 is 16.6 Å². The molecular formula is C14H18BrN5. The van der Waals surface area contributed by atoms with Crippen LogP contribution in [0.25, 0.3) is 0 Å². The third-order valence-corrected chi connectivity index (χ3v) is 3.35. The minimum atomic E-state index is 0.231. The lowest BCUT2D eigenvalue weighted by Gasteiger charge is -2.13. The van der Waals surface area contributed by atoms with E-state index >= 15 is 0 Å². The number of benzene rings is 1. The summed E-state index contributed by atoms with van der Waals surface area (Å²) in [5.74, 6) is 7.76. The number of nitrogens with one attached hydrogen (secondary N) is 2. The van der Waals surface area contributed by atoms with Crippen molar-refractivity contribution >= 4 is 33.3 Å². The van der Waals surface area contributed by atoms with E-state index in [0.717, 1.165) is 27.4 Å². The number of hydrazine groups is 1. The van der Waals surface area contributed by atoms with Gasteiger partial charge >= 0.3 is 0 Å². The zero-order chi connectivity index (χ0) is 14.7. The topological polar surface area (TPSA) is 75.9 Å². The highest BCUT2D eigenvalue weighted by atomic mass is 79.9. The first-order valence-corrected chi connectivity index (χ1v) is 7.17. The number of halogens is 1. The molecule has 0 amide bonds. The van der Waals surface area contributed by atoms with Gasteiger partial charge in [-0.15, -0.1) is 0 Å². The smallest absolute Gasteiger partial charge is 0.145 e. The van der Waals surface area contributed by atoms with Crippen LogP contribution in [-0.2, 0) is 0 Å². The molecule has 5 nitrogen and oxygen atoms in total. The highest BCUT2D eigenvalue weighted by Crippen LogP contribution is 2.24. The lowest BCUT2D eigenvalue weighted by molar-refractivity contribution is 0.777. The molecule has 0 bridgehead atoms. The highest BCUT2D eigenvalue weighted by Gasteiger charge is 2.08. The van der Waals surface area contributed by atoms with Crippen molar-refractivity contribution < 1.29 is 0 Å². The van der Waals surface area contributed by atoms with E-state index in [0.29, 0.717) is 5.82 Å². The van der Waals surface area contributed by atoms with Crippen molar-refractivity contribution in [3.63, 3.8) is 0 Å². The Morgan fingerprint density at radius 2 is 1.85 bits per heavy atom. The highest BCUT2D eigenvalue weighted by molar-refractivity contribution is 9.10. The van der Waals surface area contributed by atoms with Crippen molar-refractivity contribution in [1.82, 2.24) is 9.97 Å². The first-order valence-electron chi connectivity index (χ1n) is 6.38. The molecule has 0 aliphatic rings. The Labute approximate surface area is 127 Å². The molecule has 1 heterocycles. The lowest BCUT2D eigenvalue weighted by atomic mass is 10.2. The molecule has 2 aromatic rings. The van der Waals surface area contributed by atoms with Crippen molar-refractivity contribution in [1.29, 1.82) is 0 Å². The fourth-order valence-corrected chi connectivity index (χ4v) is 2.24. The third kappa shape index (κ3) is 3.46. The Kier molecular flexibility index (Phi) is 4.57. The third-order valence-electron chi connectivity index (χ3n) is 2.86. The van der Waals surface area contributed by atoms with E-state index in [9.17, 15) is 0 Å². The summed E-state index contributed by atoms with van der Waals surface area (Å²) in [5.41, 5.74) is 4.71. The zero-order valence-corrected chi connectivity index (χ0v) is 13.3. The van der Waals surface area contributed by atoms with Gasteiger partial charge in [-0.05, 0) is 30.7 Å². The number of hydrogen-bond acceptors (Lipinski definition) is 5. The summed E-state index contributed by atoms with van der Waals surface area (Å²) < 4.78 is 1.05. The molecule has 2 rings (SSSR count). The second-order valence-corrected chi connectivity index (χ2v) is 5.80. The maximum Gasteiger partial charge on any atom is 0.145 e. The van der Waals surface area contributed by atoms with E-state index in [1.165, 1.54) is 0 Å². The molecule has 6 heteroatoms. The molecule has 0 fully saturated rings. The maximum absolute atomic E-state index is 5.46. The average Bonchev–Trinajstić information content (AvgIpc) is 2.41. The Morgan fingerprint density at radius 1 is 1.15 bits per heavy atom. The lowest BCUT2D eigenvalue weighted by Crippen LogP contribution is -2.12. The molecular weight excluding hydrogens is 318 g/mol. The van der Waals surface area contributed by atoms with Crippen LogP contribution in [0.2, 0.25) is 0 Å². The monoisotopic (exact) mass is 335 g/mol.